The normalized spacial score (nSPS) is 14.9. The van der Waals surface area contributed by atoms with Gasteiger partial charge in [0, 0.05) is 49.7 Å². The highest BCUT2D eigenvalue weighted by Crippen LogP contribution is 2.53. The van der Waals surface area contributed by atoms with Crippen LogP contribution in [0.4, 0.5) is 17.1 Å². The van der Waals surface area contributed by atoms with E-state index in [4.69, 9.17) is 0 Å². The molecule has 0 fully saturated rings. The zero-order valence-electron chi connectivity index (χ0n) is 34.8. The first-order valence-corrected chi connectivity index (χ1v) is 21.6. The number of rotatable bonds is 3. The number of anilines is 3. The van der Waals surface area contributed by atoms with Crippen molar-refractivity contribution in [1.82, 2.24) is 4.98 Å². The molecule has 1 aliphatic heterocycles. The lowest BCUT2D eigenvalue weighted by atomic mass is 9.57. The molecule has 10 aromatic rings. The maximum absolute atomic E-state index is 3.94. The van der Waals surface area contributed by atoms with Crippen molar-refractivity contribution in [2.75, 3.05) is 4.90 Å². The second-order valence-corrected chi connectivity index (χ2v) is 18.4. The third-order valence-electron chi connectivity index (χ3n) is 14.4. The zero-order chi connectivity index (χ0) is 40.8. The highest BCUT2D eigenvalue weighted by Gasteiger charge is 2.40. The molecule has 13 rings (SSSR count). The van der Waals surface area contributed by atoms with Crippen molar-refractivity contribution in [2.24, 2.45) is 0 Å². The third kappa shape index (κ3) is 4.75. The number of H-pyrrole nitrogens is 1. The maximum Gasteiger partial charge on any atom is 0.197 e. The van der Waals surface area contributed by atoms with E-state index in [1.807, 2.05) is 0 Å². The number of hydrogen-bond donors (Lipinski definition) is 1. The van der Waals surface area contributed by atoms with Gasteiger partial charge in [-0.2, -0.15) is 0 Å². The summed E-state index contributed by atoms with van der Waals surface area (Å²) in [6, 6.07) is 66.1. The lowest BCUT2D eigenvalue weighted by Crippen LogP contribution is -2.41. The van der Waals surface area contributed by atoms with Gasteiger partial charge in [-0.1, -0.05) is 173 Å². The summed E-state index contributed by atoms with van der Waals surface area (Å²) in [6.07, 6.45) is 0. The van der Waals surface area contributed by atoms with Gasteiger partial charge in [0.15, 0.2) is 7.28 Å². The van der Waals surface area contributed by atoms with Crippen molar-refractivity contribution >= 4 is 67.8 Å². The number of para-hydroxylation sites is 1. The van der Waals surface area contributed by atoms with Gasteiger partial charge in [-0.3, -0.25) is 0 Å². The monoisotopic (exact) mass is 777 g/mol. The van der Waals surface area contributed by atoms with Crippen molar-refractivity contribution < 1.29 is 0 Å². The topological polar surface area (TPSA) is 19.0 Å². The van der Waals surface area contributed by atoms with Crippen LogP contribution in [0.2, 0.25) is 0 Å². The van der Waals surface area contributed by atoms with Gasteiger partial charge < -0.3 is 9.88 Å². The van der Waals surface area contributed by atoms with Crippen LogP contribution in [-0.4, -0.2) is 12.3 Å². The van der Waals surface area contributed by atoms with E-state index in [2.05, 4.69) is 221 Å². The minimum Gasteiger partial charge on any atom is -0.354 e. The van der Waals surface area contributed by atoms with Gasteiger partial charge in [0.1, 0.15) is 0 Å². The van der Waals surface area contributed by atoms with Crippen molar-refractivity contribution in [2.45, 2.75) is 38.5 Å². The van der Waals surface area contributed by atoms with Crippen LogP contribution in [0.3, 0.4) is 0 Å². The van der Waals surface area contributed by atoms with Gasteiger partial charge in [0.2, 0.25) is 0 Å². The molecule has 0 spiro atoms. The van der Waals surface area contributed by atoms with E-state index in [-0.39, 0.29) is 10.8 Å². The highest BCUT2D eigenvalue weighted by molar-refractivity contribution is 6.73. The maximum atomic E-state index is 3.94. The number of fused-ring (bicyclic) bond motifs is 13. The Hall–Kier alpha value is -7.10. The molecule has 2 aliphatic carbocycles. The molecule has 0 unspecified atom stereocenters. The largest absolute Gasteiger partial charge is 0.354 e. The average Bonchev–Trinajstić information content (AvgIpc) is 3.87. The SMILES string of the molecule is CC1(C)c2ccccc2-c2cc(N3c4cc5c(cc4[B]c4c(-c6cccc7c6[nH]c6ccc8ccccc8c67)cc(-c6ccccc6)cc43)C(C)(C)c3ccccc3-5)ccc21. The predicted molar refractivity (Wildman–Crippen MR) is 259 cm³/mol. The highest BCUT2D eigenvalue weighted by atomic mass is 15.1. The Balaban J connectivity index is 1.12. The number of hydrogen-bond acceptors (Lipinski definition) is 1. The summed E-state index contributed by atoms with van der Waals surface area (Å²) in [5.74, 6) is 0. The van der Waals surface area contributed by atoms with E-state index >= 15 is 0 Å². The van der Waals surface area contributed by atoms with Crippen molar-refractivity contribution in [3.63, 3.8) is 0 Å². The number of aromatic nitrogens is 1. The molecule has 61 heavy (non-hydrogen) atoms. The fourth-order valence-electron chi connectivity index (χ4n) is 11.4. The summed E-state index contributed by atoms with van der Waals surface area (Å²) < 4.78 is 0. The molecule has 287 valence electrons. The molecule has 0 amide bonds. The molecule has 9 aromatic carbocycles. The van der Waals surface area contributed by atoms with E-state index in [1.54, 1.807) is 0 Å². The van der Waals surface area contributed by atoms with Gasteiger partial charge in [-0.15, -0.1) is 0 Å². The first-order valence-electron chi connectivity index (χ1n) is 21.6. The van der Waals surface area contributed by atoms with Crippen molar-refractivity contribution in [1.29, 1.82) is 0 Å². The van der Waals surface area contributed by atoms with Crippen molar-refractivity contribution in [3.05, 3.63) is 198 Å². The van der Waals surface area contributed by atoms with Gasteiger partial charge in [-0.05, 0) is 114 Å². The molecule has 0 saturated carbocycles. The van der Waals surface area contributed by atoms with Gasteiger partial charge >= 0.3 is 0 Å². The van der Waals surface area contributed by atoms with E-state index in [9.17, 15) is 0 Å². The molecular weight excluding hydrogens is 735 g/mol. The standard InChI is InChI=1S/C58H42BN2/c1-57(2)46-23-12-10-19-39(46)43-31-37(26-27-48(43)57)61-52-32-44-40-20-11-13-24-47(40)58(3,4)49(44)33-50(52)59-55-45(29-36(30-53(55)61)34-15-6-5-7-16-34)41-21-14-22-42-54-38-18-9-8-17-35(38)25-28-51(54)60-56(41)42/h5-33,60H,1-4H3. The summed E-state index contributed by atoms with van der Waals surface area (Å²) >= 11 is 0. The molecule has 3 heteroatoms. The molecule has 2 nitrogen and oxygen atoms in total. The van der Waals surface area contributed by atoms with E-state index in [1.165, 1.54) is 116 Å². The Labute approximate surface area is 357 Å². The number of benzene rings is 9. The van der Waals surface area contributed by atoms with Crippen LogP contribution in [0, 0.1) is 0 Å². The van der Waals surface area contributed by atoms with E-state index in [0.717, 1.165) is 11.0 Å². The summed E-state index contributed by atoms with van der Waals surface area (Å²) in [4.78, 5) is 6.51. The quantitative estimate of drug-likeness (QED) is 0.177. The van der Waals surface area contributed by atoms with Gasteiger partial charge in [-0.25, -0.2) is 0 Å². The van der Waals surface area contributed by atoms with Gasteiger partial charge in [0.25, 0.3) is 0 Å². The first kappa shape index (κ1) is 34.7. The van der Waals surface area contributed by atoms with Crippen LogP contribution < -0.4 is 15.8 Å². The van der Waals surface area contributed by atoms with Crippen molar-refractivity contribution in [3.8, 4) is 44.5 Å². The molecule has 2 heterocycles. The summed E-state index contributed by atoms with van der Waals surface area (Å²) in [5.41, 5.74) is 23.7. The fourth-order valence-corrected chi connectivity index (χ4v) is 11.4. The first-order chi connectivity index (χ1) is 29.8. The minimum absolute atomic E-state index is 0.0801. The minimum atomic E-state index is -0.124. The molecule has 0 atom stereocenters. The molecular formula is C58H42BN2. The Morgan fingerprint density at radius 1 is 0.443 bits per heavy atom. The Morgan fingerprint density at radius 2 is 1.10 bits per heavy atom. The summed E-state index contributed by atoms with van der Waals surface area (Å²) in [5, 5.41) is 5.04. The molecule has 0 saturated heterocycles. The lowest BCUT2D eigenvalue weighted by Gasteiger charge is -2.37. The zero-order valence-corrected chi connectivity index (χ0v) is 34.8. The van der Waals surface area contributed by atoms with Crippen LogP contribution in [0.15, 0.2) is 176 Å². The van der Waals surface area contributed by atoms with Crippen LogP contribution >= 0.6 is 0 Å². The second kappa shape index (κ2) is 12.2. The Morgan fingerprint density at radius 3 is 1.90 bits per heavy atom. The Kier molecular flexibility index (Phi) is 6.97. The smallest absolute Gasteiger partial charge is 0.197 e. The van der Waals surface area contributed by atoms with Crippen LogP contribution in [-0.2, 0) is 10.8 Å². The molecule has 1 aromatic heterocycles. The fraction of sp³-hybridized carbons (Fsp3) is 0.103. The molecule has 1 N–H and O–H groups in total. The second-order valence-electron chi connectivity index (χ2n) is 18.4. The Bertz CT molecular complexity index is 3510. The molecule has 0 bridgehead atoms. The third-order valence-corrected chi connectivity index (χ3v) is 14.4. The van der Waals surface area contributed by atoms with E-state index in [0.29, 0.717) is 0 Å². The van der Waals surface area contributed by atoms with Crippen LogP contribution in [0.25, 0.3) is 77.1 Å². The van der Waals surface area contributed by atoms with Gasteiger partial charge in [0.05, 0.1) is 5.52 Å². The van der Waals surface area contributed by atoms with Crippen LogP contribution in [0.1, 0.15) is 49.9 Å². The molecule has 1 radical (unpaired) electrons. The van der Waals surface area contributed by atoms with E-state index < -0.39 is 0 Å². The average molecular weight is 778 g/mol. The lowest BCUT2D eigenvalue weighted by molar-refractivity contribution is 0.660. The summed E-state index contributed by atoms with van der Waals surface area (Å²) in [7, 11) is 2.48. The number of nitrogens with one attached hydrogen (secondary N) is 1. The predicted octanol–water partition coefficient (Wildman–Crippen LogP) is 13.9. The summed E-state index contributed by atoms with van der Waals surface area (Å²) in [6.45, 7) is 9.50. The number of nitrogens with zero attached hydrogens (tertiary/aromatic N) is 1. The number of aromatic amines is 1. The van der Waals surface area contributed by atoms with Crippen LogP contribution in [0.5, 0.6) is 0 Å². The molecule has 3 aliphatic rings.